The molecule has 0 aliphatic carbocycles. The van der Waals surface area contributed by atoms with Gasteiger partial charge in [-0.3, -0.25) is 9.88 Å². The van der Waals surface area contributed by atoms with E-state index in [4.69, 9.17) is 15.0 Å². The van der Waals surface area contributed by atoms with Gasteiger partial charge in [-0.25, -0.2) is 15.0 Å². The Morgan fingerprint density at radius 1 is 0.829 bits per heavy atom. The molecule has 2 aliphatic rings. The van der Waals surface area contributed by atoms with Crippen molar-refractivity contribution in [1.82, 2.24) is 29.4 Å². The molecule has 0 radical (unpaired) electrons. The van der Waals surface area contributed by atoms with Crippen LogP contribution in [0.5, 0.6) is 5.75 Å². The fourth-order valence-electron chi connectivity index (χ4n) is 5.63. The summed E-state index contributed by atoms with van der Waals surface area (Å²) in [6, 6.07) is 25.1. The van der Waals surface area contributed by atoms with Crippen LogP contribution in [0.25, 0.3) is 33.9 Å². The van der Waals surface area contributed by atoms with Crippen LogP contribution in [0.2, 0.25) is 0 Å². The first kappa shape index (κ1) is 24.9. The molecule has 2 aromatic carbocycles. The Kier molecular flexibility index (Phi) is 6.59. The van der Waals surface area contributed by atoms with Crippen LogP contribution in [-0.4, -0.2) is 62.2 Å². The van der Waals surface area contributed by atoms with E-state index >= 15 is 0 Å². The van der Waals surface area contributed by atoms with Gasteiger partial charge in [-0.1, -0.05) is 54.6 Å². The van der Waals surface area contributed by atoms with E-state index in [0.717, 1.165) is 78.2 Å². The molecular formula is C32H28N8O. The Bertz CT molecular complexity index is 1720. The minimum Gasteiger partial charge on any atom is -0.489 e. The molecule has 0 spiro atoms. The molecule has 0 N–H and O–H groups in total. The molecule has 0 bridgehead atoms. The minimum atomic E-state index is 0.212. The number of fused-ring (bicyclic) bond motifs is 3. The summed E-state index contributed by atoms with van der Waals surface area (Å²) < 4.78 is 8.28. The number of pyridine rings is 1. The summed E-state index contributed by atoms with van der Waals surface area (Å²) in [5.41, 5.74) is 6.52. The lowest BCUT2D eigenvalue weighted by atomic mass is 10.0. The predicted molar refractivity (Wildman–Crippen MR) is 156 cm³/mol. The first-order chi connectivity index (χ1) is 20.3. The maximum atomic E-state index is 9.11. The zero-order valence-corrected chi connectivity index (χ0v) is 22.5. The van der Waals surface area contributed by atoms with Gasteiger partial charge in [-0.15, -0.1) is 0 Å². The van der Waals surface area contributed by atoms with Crippen molar-refractivity contribution in [3.63, 3.8) is 0 Å². The molecule has 2 aliphatic heterocycles. The number of rotatable bonds is 5. The van der Waals surface area contributed by atoms with Gasteiger partial charge in [0.25, 0.3) is 0 Å². The van der Waals surface area contributed by atoms with Crippen LogP contribution in [-0.2, 0) is 13.1 Å². The van der Waals surface area contributed by atoms with Crippen LogP contribution in [0.3, 0.4) is 0 Å². The van der Waals surface area contributed by atoms with Gasteiger partial charge in [-0.2, -0.15) is 5.26 Å². The smallest absolute Gasteiger partial charge is 0.234 e. The van der Waals surface area contributed by atoms with Crippen LogP contribution in [0, 0.1) is 11.3 Å². The third-order valence-electron chi connectivity index (χ3n) is 7.68. The van der Waals surface area contributed by atoms with Gasteiger partial charge in [0, 0.05) is 56.2 Å². The summed E-state index contributed by atoms with van der Waals surface area (Å²) in [6.07, 6.45) is 5.22. The van der Waals surface area contributed by atoms with Crippen LogP contribution < -0.4 is 9.64 Å². The molecule has 7 rings (SSSR count). The maximum Gasteiger partial charge on any atom is 0.234 e. The van der Waals surface area contributed by atoms with Gasteiger partial charge >= 0.3 is 0 Å². The average molecular weight is 541 g/mol. The Balaban J connectivity index is 1.13. The Morgan fingerprint density at radius 2 is 1.66 bits per heavy atom. The van der Waals surface area contributed by atoms with E-state index in [0.29, 0.717) is 13.2 Å². The Labute approximate surface area is 238 Å². The summed E-state index contributed by atoms with van der Waals surface area (Å²) in [7, 11) is 0. The van der Waals surface area contributed by atoms with Crippen molar-refractivity contribution in [3.05, 3.63) is 96.7 Å². The van der Waals surface area contributed by atoms with Crippen molar-refractivity contribution in [2.45, 2.75) is 13.1 Å². The quantitative estimate of drug-likeness (QED) is 0.318. The van der Waals surface area contributed by atoms with Gasteiger partial charge in [-0.05, 0) is 17.7 Å². The van der Waals surface area contributed by atoms with Crippen LogP contribution in [0.1, 0.15) is 11.4 Å². The first-order valence-electron chi connectivity index (χ1n) is 13.8. The molecule has 202 valence electrons. The normalized spacial score (nSPS) is 14.9. The molecule has 9 heteroatoms. The van der Waals surface area contributed by atoms with Crippen molar-refractivity contribution >= 4 is 5.82 Å². The number of piperazine rings is 1. The van der Waals surface area contributed by atoms with E-state index in [1.54, 1.807) is 18.6 Å². The number of benzene rings is 2. The van der Waals surface area contributed by atoms with E-state index in [9.17, 15) is 0 Å². The third kappa shape index (κ3) is 4.90. The van der Waals surface area contributed by atoms with Crippen molar-refractivity contribution in [3.8, 4) is 45.7 Å². The molecule has 0 amide bonds. The van der Waals surface area contributed by atoms with Crippen molar-refractivity contribution < 1.29 is 4.74 Å². The standard InChI is InChI=1S/C32H28N8O/c33-20-28-35-13-11-29(36-28)39-16-14-38(15-17-39)22-23-6-8-24(9-7-23)30-31(25-4-2-1-3-5-25)40-18-19-41-27-21-34-12-10-26(27)32(40)37-30/h1-13,21H,14-19,22H2. The van der Waals surface area contributed by atoms with E-state index in [1.807, 2.05) is 24.3 Å². The average Bonchev–Trinajstić information content (AvgIpc) is 3.32. The second kappa shape index (κ2) is 10.8. The minimum absolute atomic E-state index is 0.212. The van der Waals surface area contributed by atoms with Crippen molar-refractivity contribution in [1.29, 1.82) is 5.26 Å². The molecule has 0 unspecified atom stereocenters. The van der Waals surface area contributed by atoms with E-state index in [-0.39, 0.29) is 5.82 Å². The Hall–Kier alpha value is -5.07. The molecule has 1 saturated heterocycles. The number of imidazole rings is 1. The SMILES string of the molecule is N#Cc1nccc(N2CCN(Cc3ccc(-c4nc5n(c4-c4ccccc4)CCOc4cnccc4-5)cc3)CC2)n1. The molecule has 0 atom stereocenters. The number of aromatic nitrogens is 5. The van der Waals surface area contributed by atoms with E-state index in [2.05, 4.69) is 77.8 Å². The Morgan fingerprint density at radius 3 is 2.46 bits per heavy atom. The highest BCUT2D eigenvalue weighted by Crippen LogP contribution is 2.40. The largest absolute Gasteiger partial charge is 0.489 e. The van der Waals surface area contributed by atoms with Gasteiger partial charge < -0.3 is 14.2 Å². The first-order valence-corrected chi connectivity index (χ1v) is 13.8. The lowest BCUT2D eigenvalue weighted by molar-refractivity contribution is 0.249. The highest BCUT2D eigenvalue weighted by molar-refractivity contribution is 5.83. The fourth-order valence-corrected chi connectivity index (χ4v) is 5.63. The predicted octanol–water partition coefficient (Wildman–Crippen LogP) is 4.66. The van der Waals surface area contributed by atoms with Gasteiger partial charge in [0.2, 0.25) is 5.82 Å². The van der Waals surface area contributed by atoms with E-state index in [1.165, 1.54) is 5.56 Å². The summed E-state index contributed by atoms with van der Waals surface area (Å²) in [6.45, 7) is 5.72. The monoisotopic (exact) mass is 540 g/mol. The molecule has 5 aromatic rings. The number of hydrogen-bond donors (Lipinski definition) is 0. The lowest BCUT2D eigenvalue weighted by Gasteiger charge is -2.35. The number of anilines is 1. The molecule has 3 aromatic heterocycles. The second-order valence-electron chi connectivity index (χ2n) is 10.2. The van der Waals surface area contributed by atoms with Gasteiger partial charge in [0.15, 0.2) is 0 Å². The van der Waals surface area contributed by atoms with Gasteiger partial charge in [0.1, 0.15) is 30.1 Å². The zero-order valence-electron chi connectivity index (χ0n) is 22.5. The van der Waals surface area contributed by atoms with Crippen molar-refractivity contribution in [2.24, 2.45) is 0 Å². The third-order valence-corrected chi connectivity index (χ3v) is 7.68. The molecule has 41 heavy (non-hydrogen) atoms. The number of nitrogens with zero attached hydrogens (tertiary/aromatic N) is 8. The van der Waals surface area contributed by atoms with E-state index < -0.39 is 0 Å². The number of hydrogen-bond acceptors (Lipinski definition) is 8. The van der Waals surface area contributed by atoms with Crippen LogP contribution in [0.4, 0.5) is 5.82 Å². The van der Waals surface area contributed by atoms with Gasteiger partial charge in [0.05, 0.1) is 29.7 Å². The number of nitriles is 1. The zero-order chi connectivity index (χ0) is 27.6. The summed E-state index contributed by atoms with van der Waals surface area (Å²) in [4.78, 5) is 22.5. The second-order valence-corrected chi connectivity index (χ2v) is 10.2. The molecule has 1 fully saturated rings. The van der Waals surface area contributed by atoms with Crippen molar-refractivity contribution in [2.75, 3.05) is 37.7 Å². The molecule has 5 heterocycles. The molecular weight excluding hydrogens is 512 g/mol. The maximum absolute atomic E-state index is 9.11. The summed E-state index contributed by atoms with van der Waals surface area (Å²) >= 11 is 0. The van der Waals surface area contributed by atoms with Crippen LogP contribution in [0.15, 0.2) is 85.3 Å². The number of ether oxygens (including phenoxy) is 1. The van der Waals surface area contributed by atoms with Crippen LogP contribution >= 0.6 is 0 Å². The highest BCUT2D eigenvalue weighted by Gasteiger charge is 2.25. The highest BCUT2D eigenvalue weighted by atomic mass is 16.5. The topological polar surface area (TPSA) is 96.0 Å². The summed E-state index contributed by atoms with van der Waals surface area (Å²) in [5, 5.41) is 9.11. The fraction of sp³-hybridized carbons (Fsp3) is 0.219. The molecule has 9 nitrogen and oxygen atoms in total. The summed E-state index contributed by atoms with van der Waals surface area (Å²) in [5.74, 6) is 2.70. The molecule has 0 saturated carbocycles. The lowest BCUT2D eigenvalue weighted by Crippen LogP contribution is -2.46.